The summed E-state index contributed by atoms with van der Waals surface area (Å²) in [5.41, 5.74) is 7.21. The summed E-state index contributed by atoms with van der Waals surface area (Å²) in [5, 5.41) is 18.9. The molecule has 24 heavy (non-hydrogen) atoms. The summed E-state index contributed by atoms with van der Waals surface area (Å²) in [5.74, 6) is 1.43. The molecule has 3 radical (unpaired) electrons. The summed E-state index contributed by atoms with van der Waals surface area (Å²) in [6.07, 6.45) is 3.94. The number of hydrogen-bond donors (Lipinski definition) is 4. The lowest BCUT2D eigenvalue weighted by molar-refractivity contribution is 0.958. The van der Waals surface area contributed by atoms with Crippen LogP contribution in [-0.4, -0.2) is 50.0 Å². The summed E-state index contributed by atoms with van der Waals surface area (Å²) in [6, 6.07) is 5.62. The highest BCUT2D eigenvalue weighted by molar-refractivity contribution is 6.20. The van der Waals surface area contributed by atoms with Crippen molar-refractivity contribution in [2.75, 3.05) is 18.9 Å². The molecule has 0 spiro atoms. The Hall–Kier alpha value is -2.65. The summed E-state index contributed by atoms with van der Waals surface area (Å²) in [7, 11) is 4.96. The Morgan fingerprint density at radius 2 is 2.25 bits per heavy atom. The molecule has 2 heterocycles. The van der Waals surface area contributed by atoms with Crippen molar-refractivity contribution in [2.45, 2.75) is 12.5 Å². The Kier molecular flexibility index (Phi) is 6.10. The molecule has 0 fully saturated rings. The minimum absolute atomic E-state index is 0.211. The number of amidine groups is 1. The van der Waals surface area contributed by atoms with E-state index in [2.05, 4.69) is 30.5 Å². The molecule has 0 aromatic carbocycles. The number of nitrogens with two attached hydrogens (primary N) is 1. The Morgan fingerprint density at radius 3 is 2.88 bits per heavy atom. The lowest BCUT2D eigenvalue weighted by Gasteiger charge is -2.10. The monoisotopic (exact) mass is 339 g/mol. The van der Waals surface area contributed by atoms with Gasteiger partial charge in [0.2, 0.25) is 5.95 Å². The van der Waals surface area contributed by atoms with E-state index in [1.54, 1.807) is 31.6 Å². The molecule has 2 aromatic rings. The van der Waals surface area contributed by atoms with Crippen LogP contribution in [0.4, 0.5) is 5.95 Å². The fourth-order valence-corrected chi connectivity index (χ4v) is 2.23. The number of nitrogens with one attached hydrogen (secondary N) is 3. The van der Waals surface area contributed by atoms with Gasteiger partial charge < -0.3 is 11.1 Å². The van der Waals surface area contributed by atoms with Gasteiger partial charge in [-0.3, -0.25) is 20.4 Å². The van der Waals surface area contributed by atoms with Crippen molar-refractivity contribution >= 4 is 27.9 Å². The summed E-state index contributed by atoms with van der Waals surface area (Å²) < 4.78 is 1.49. The first-order valence-electron chi connectivity index (χ1n) is 7.35. The van der Waals surface area contributed by atoms with Crippen LogP contribution in [0.25, 0.3) is 11.3 Å². The van der Waals surface area contributed by atoms with Crippen LogP contribution in [-0.2, 0) is 0 Å². The summed E-state index contributed by atoms with van der Waals surface area (Å²) >= 11 is 0. The first kappa shape index (κ1) is 17.7. The first-order chi connectivity index (χ1) is 11.6. The van der Waals surface area contributed by atoms with Gasteiger partial charge in [-0.15, -0.1) is 0 Å². The summed E-state index contributed by atoms with van der Waals surface area (Å²) in [6.45, 7) is 0.486. The Bertz CT molecular complexity index is 811. The van der Waals surface area contributed by atoms with E-state index in [0.717, 1.165) is 5.56 Å². The molecule has 2 rings (SSSR count). The average Bonchev–Trinajstić information content (AvgIpc) is 2.60. The molecule has 123 valence electrons. The van der Waals surface area contributed by atoms with Crippen molar-refractivity contribution in [3.8, 4) is 11.3 Å². The number of nitrogens with zero attached hydrogens (tertiary/aromatic N) is 4. The van der Waals surface area contributed by atoms with Gasteiger partial charge in [-0.2, -0.15) is 0 Å². The van der Waals surface area contributed by atoms with Crippen LogP contribution in [0, 0.1) is 10.8 Å². The van der Waals surface area contributed by atoms with Crippen LogP contribution in [0.1, 0.15) is 6.42 Å². The van der Waals surface area contributed by atoms with Crippen LogP contribution in [0.15, 0.2) is 35.6 Å². The zero-order valence-corrected chi connectivity index (χ0v) is 14.4. The topological polar surface area (TPSA) is 129 Å². The van der Waals surface area contributed by atoms with Gasteiger partial charge in [-0.25, -0.2) is 9.97 Å². The Morgan fingerprint density at radius 1 is 1.46 bits per heavy atom. The van der Waals surface area contributed by atoms with E-state index >= 15 is 0 Å². The molecule has 0 aliphatic rings. The second-order valence-electron chi connectivity index (χ2n) is 4.89. The minimum Gasteiger partial charge on any atom is -0.330 e. The second-order valence-corrected chi connectivity index (χ2v) is 5.25. The highest BCUT2D eigenvalue weighted by atomic mass is 28.1. The third-order valence-electron chi connectivity index (χ3n) is 3.27. The van der Waals surface area contributed by atoms with Crippen molar-refractivity contribution in [3.63, 3.8) is 0 Å². The van der Waals surface area contributed by atoms with Crippen LogP contribution >= 0.6 is 0 Å². The molecular weight excluding hydrogens is 320 g/mol. The van der Waals surface area contributed by atoms with E-state index in [0.29, 0.717) is 42.3 Å². The van der Waals surface area contributed by atoms with Crippen LogP contribution in [0.3, 0.4) is 0 Å². The van der Waals surface area contributed by atoms with Crippen molar-refractivity contribution in [1.82, 2.24) is 14.5 Å². The van der Waals surface area contributed by atoms with Gasteiger partial charge >= 0.3 is 0 Å². The van der Waals surface area contributed by atoms with Gasteiger partial charge in [0.1, 0.15) is 17.2 Å². The molecular formula is C15H19N8Si. The molecule has 0 aliphatic carbocycles. The number of rotatable bonds is 5. The molecule has 0 saturated carbocycles. The highest BCUT2D eigenvalue weighted by Gasteiger charge is 2.06. The SMILES string of the molecule is CN=C(CCN)Nc1nccc(-c2ccn(C(=N)C[Si])c(=N)c2)n1. The number of hydrogen-bond acceptors (Lipinski definition) is 6. The lowest BCUT2D eigenvalue weighted by Crippen LogP contribution is -2.25. The summed E-state index contributed by atoms with van der Waals surface area (Å²) in [4.78, 5) is 12.7. The average molecular weight is 339 g/mol. The van der Waals surface area contributed by atoms with Gasteiger partial charge in [0.05, 0.1) is 5.69 Å². The van der Waals surface area contributed by atoms with E-state index in [4.69, 9.17) is 16.6 Å². The van der Waals surface area contributed by atoms with Crippen LogP contribution < -0.4 is 16.5 Å². The Balaban J connectivity index is 2.30. The van der Waals surface area contributed by atoms with E-state index < -0.39 is 0 Å². The lowest BCUT2D eigenvalue weighted by atomic mass is 10.2. The maximum atomic E-state index is 8.05. The normalized spacial score (nSPS) is 11.4. The van der Waals surface area contributed by atoms with Crippen molar-refractivity contribution in [1.29, 1.82) is 10.8 Å². The fraction of sp³-hybridized carbons (Fsp3) is 0.267. The molecule has 0 bridgehead atoms. The van der Waals surface area contributed by atoms with Gasteiger partial charge in [0.25, 0.3) is 0 Å². The standard InChI is InChI=1S/C15H19N8Si/c1-19-14(2-5-16)22-15-20-6-3-11(21-15)10-4-7-23(12(17)8-10)13(18)9-24/h3-4,6-8,17-18H,2,5,9,16H2,1H3,(H,19,20,21,22). The number of aliphatic imine (C=N–C) groups is 1. The van der Waals surface area contributed by atoms with E-state index in [1.807, 2.05) is 6.07 Å². The van der Waals surface area contributed by atoms with E-state index in [9.17, 15) is 0 Å². The maximum absolute atomic E-state index is 8.05. The zero-order valence-electron chi connectivity index (χ0n) is 13.4. The number of pyridine rings is 1. The van der Waals surface area contributed by atoms with Gasteiger partial charge in [-0.05, 0) is 30.8 Å². The highest BCUT2D eigenvalue weighted by Crippen LogP contribution is 2.15. The number of aromatic nitrogens is 3. The fourth-order valence-electron chi connectivity index (χ4n) is 2.06. The van der Waals surface area contributed by atoms with Crippen molar-refractivity contribution < 1.29 is 0 Å². The quantitative estimate of drug-likeness (QED) is 0.361. The minimum atomic E-state index is 0.211. The van der Waals surface area contributed by atoms with Gasteiger partial charge in [0.15, 0.2) is 0 Å². The Labute approximate surface area is 143 Å². The second kappa shape index (κ2) is 8.27. The molecule has 0 saturated heterocycles. The predicted octanol–water partition coefficient (Wildman–Crippen LogP) is 0.626. The smallest absolute Gasteiger partial charge is 0.228 e. The maximum Gasteiger partial charge on any atom is 0.228 e. The molecule has 5 N–H and O–H groups in total. The van der Waals surface area contributed by atoms with E-state index in [1.165, 1.54) is 4.57 Å². The third kappa shape index (κ3) is 4.21. The van der Waals surface area contributed by atoms with Gasteiger partial charge in [-0.1, -0.05) is 0 Å². The third-order valence-corrected chi connectivity index (χ3v) is 3.61. The first-order valence-corrected chi connectivity index (χ1v) is 8.05. The van der Waals surface area contributed by atoms with Crippen molar-refractivity contribution in [2.24, 2.45) is 10.7 Å². The van der Waals surface area contributed by atoms with Gasteiger partial charge in [0, 0.05) is 41.7 Å². The molecule has 0 amide bonds. The largest absolute Gasteiger partial charge is 0.330 e. The van der Waals surface area contributed by atoms with Crippen LogP contribution in [0.5, 0.6) is 0 Å². The molecule has 0 unspecified atom stereocenters. The predicted molar refractivity (Wildman–Crippen MR) is 95.7 cm³/mol. The molecule has 8 nitrogen and oxygen atoms in total. The molecule has 2 aromatic heterocycles. The van der Waals surface area contributed by atoms with E-state index in [-0.39, 0.29) is 5.49 Å². The molecule has 0 atom stereocenters. The van der Waals surface area contributed by atoms with Crippen molar-refractivity contribution in [3.05, 3.63) is 36.1 Å². The number of anilines is 1. The van der Waals surface area contributed by atoms with Crippen LogP contribution in [0.2, 0.25) is 6.04 Å². The zero-order chi connectivity index (χ0) is 17.5. The molecule has 0 aliphatic heterocycles. The molecule has 9 heteroatoms.